The lowest BCUT2D eigenvalue weighted by molar-refractivity contribution is 0.275. The molecule has 0 atom stereocenters. The van der Waals surface area contributed by atoms with Crippen LogP contribution in [0.2, 0.25) is 0 Å². The van der Waals surface area contributed by atoms with Gasteiger partial charge in [0.2, 0.25) is 0 Å². The molecular weight excluding hydrogens is 247 g/mol. The monoisotopic (exact) mass is 266 g/mol. The summed E-state index contributed by atoms with van der Waals surface area (Å²) < 4.78 is 22.3. The third-order valence-corrected chi connectivity index (χ3v) is 4.69. The summed E-state index contributed by atoms with van der Waals surface area (Å²) in [5, 5.41) is 0.517. The highest BCUT2D eigenvalue weighted by Gasteiger charge is 2.36. The predicted molar refractivity (Wildman–Crippen MR) is 68.0 cm³/mol. The fourth-order valence-corrected chi connectivity index (χ4v) is 2.89. The molecule has 0 N–H and O–H groups in total. The molecule has 5 heteroatoms. The van der Waals surface area contributed by atoms with Crippen molar-refractivity contribution >= 4 is 19.2 Å². The van der Waals surface area contributed by atoms with Crippen LogP contribution in [0, 0.1) is 5.41 Å². The zero-order valence-corrected chi connectivity index (χ0v) is 12.4. The summed E-state index contributed by atoms with van der Waals surface area (Å²) in [5.74, 6) is 0.340. The summed E-state index contributed by atoms with van der Waals surface area (Å²) in [5.41, 5.74) is 3.49. The Morgan fingerprint density at radius 1 is 1.31 bits per heavy atom. The second-order valence-corrected chi connectivity index (χ2v) is 6.94. The van der Waals surface area contributed by atoms with Crippen LogP contribution < -0.4 is 0 Å². The lowest BCUT2D eigenvalue weighted by Gasteiger charge is -2.26. The molecule has 0 radical (unpaired) electrons. The average molecular weight is 267 g/mol. The number of hydrogen-bond acceptors (Lipinski definition) is 3. The maximum atomic E-state index is 12.3. The van der Waals surface area contributed by atoms with Crippen LogP contribution in [0.4, 0.5) is 0 Å². The van der Waals surface area contributed by atoms with Gasteiger partial charge in [-0.15, -0.1) is 17.3 Å². The first-order valence-corrected chi connectivity index (χ1v) is 7.04. The minimum atomic E-state index is -3.25. The molecule has 16 heavy (non-hydrogen) atoms. The summed E-state index contributed by atoms with van der Waals surface area (Å²) in [6, 6.07) is 0. The van der Waals surface area contributed by atoms with E-state index in [-0.39, 0.29) is 5.41 Å². The van der Waals surface area contributed by atoms with Gasteiger partial charge in [-0.25, -0.2) is 0 Å². The molecule has 3 nitrogen and oxygen atoms in total. The van der Waals surface area contributed by atoms with Crippen LogP contribution in [0.5, 0.6) is 0 Å². The Labute approximate surface area is 103 Å². The molecule has 0 saturated heterocycles. The molecule has 0 saturated carbocycles. The van der Waals surface area contributed by atoms with Gasteiger partial charge in [0, 0.05) is 19.6 Å². The molecule has 0 rings (SSSR count). The molecular formula is C11H20ClO3P. The zero-order valence-electron chi connectivity index (χ0n) is 10.8. The number of alkyl halides is 1. The summed E-state index contributed by atoms with van der Waals surface area (Å²) in [6.07, 6.45) is 0. The van der Waals surface area contributed by atoms with Crippen molar-refractivity contribution in [2.75, 3.05) is 20.1 Å². The Bertz CT molecular complexity index is 341. The van der Waals surface area contributed by atoms with E-state index in [1.54, 1.807) is 0 Å². The summed E-state index contributed by atoms with van der Waals surface area (Å²) in [4.78, 5) is 0. The van der Waals surface area contributed by atoms with Crippen LogP contribution >= 0.6 is 19.2 Å². The molecule has 0 aliphatic heterocycles. The molecule has 0 unspecified atom stereocenters. The molecule has 0 aromatic heterocycles. The highest BCUT2D eigenvalue weighted by molar-refractivity contribution is 7.58. The van der Waals surface area contributed by atoms with E-state index in [1.807, 2.05) is 27.7 Å². The van der Waals surface area contributed by atoms with Crippen LogP contribution in [-0.2, 0) is 13.6 Å². The van der Waals surface area contributed by atoms with Crippen molar-refractivity contribution in [3.05, 3.63) is 16.6 Å². The van der Waals surface area contributed by atoms with E-state index >= 15 is 0 Å². The first-order chi connectivity index (χ1) is 7.21. The van der Waals surface area contributed by atoms with Crippen molar-refractivity contribution in [1.29, 1.82) is 0 Å². The topological polar surface area (TPSA) is 35.5 Å². The molecule has 0 amide bonds. The molecule has 0 spiro atoms. The number of allylic oxidation sites excluding steroid dienone is 1. The van der Waals surface area contributed by atoms with Crippen molar-refractivity contribution in [2.45, 2.75) is 27.7 Å². The third-order valence-electron chi connectivity index (χ3n) is 2.00. The van der Waals surface area contributed by atoms with Gasteiger partial charge in [0.05, 0.1) is 11.2 Å². The summed E-state index contributed by atoms with van der Waals surface area (Å²) >= 11 is 5.70. The quantitative estimate of drug-likeness (QED) is 0.435. The van der Waals surface area contributed by atoms with Crippen LogP contribution in [0.3, 0.4) is 0 Å². The van der Waals surface area contributed by atoms with Crippen LogP contribution in [0.15, 0.2) is 16.6 Å². The smallest absolute Gasteiger partial charge is 0.308 e. The van der Waals surface area contributed by atoms with E-state index in [9.17, 15) is 4.57 Å². The summed E-state index contributed by atoms with van der Waals surface area (Å²) in [7, 11) is -0.516. The van der Waals surface area contributed by atoms with Gasteiger partial charge in [-0.2, -0.15) is 0 Å². The minimum Gasteiger partial charge on any atom is -0.308 e. The standard InChI is InChI=1S/C11H20ClO3P/c1-9(8-12)7-10(11(2,3)4)16(13,14-5)15-6/h8H2,1-6H3. The summed E-state index contributed by atoms with van der Waals surface area (Å²) in [6.45, 7) is 7.62. The maximum Gasteiger partial charge on any atom is 0.364 e. The highest BCUT2D eigenvalue weighted by atomic mass is 35.5. The molecule has 94 valence electrons. The normalized spacial score (nSPS) is 12.2. The van der Waals surface area contributed by atoms with Gasteiger partial charge >= 0.3 is 7.60 Å². The van der Waals surface area contributed by atoms with E-state index in [0.29, 0.717) is 11.2 Å². The minimum absolute atomic E-state index is 0.340. The van der Waals surface area contributed by atoms with Crippen molar-refractivity contribution in [2.24, 2.45) is 5.41 Å². The molecule has 0 heterocycles. The maximum absolute atomic E-state index is 12.3. The van der Waals surface area contributed by atoms with Crippen LogP contribution in [0.25, 0.3) is 0 Å². The van der Waals surface area contributed by atoms with Crippen molar-refractivity contribution in [1.82, 2.24) is 0 Å². The molecule has 0 aromatic carbocycles. The SMILES string of the molecule is COP(=O)(OC)C(=C=C(C)CCl)C(C)(C)C. The lowest BCUT2D eigenvalue weighted by Crippen LogP contribution is -2.11. The van der Waals surface area contributed by atoms with E-state index in [1.165, 1.54) is 14.2 Å². The van der Waals surface area contributed by atoms with Crippen LogP contribution in [-0.4, -0.2) is 20.1 Å². The number of halogens is 1. The molecule has 0 aliphatic rings. The van der Waals surface area contributed by atoms with E-state index in [4.69, 9.17) is 20.6 Å². The predicted octanol–water partition coefficient (Wildman–Crippen LogP) is 4.19. The number of hydrogen-bond donors (Lipinski definition) is 0. The van der Waals surface area contributed by atoms with Gasteiger partial charge in [-0.1, -0.05) is 20.8 Å². The second-order valence-electron chi connectivity index (χ2n) is 4.50. The third kappa shape index (κ3) is 4.08. The molecule has 0 aromatic rings. The van der Waals surface area contributed by atoms with Crippen molar-refractivity contribution < 1.29 is 13.6 Å². The van der Waals surface area contributed by atoms with Crippen molar-refractivity contribution in [3.8, 4) is 0 Å². The van der Waals surface area contributed by atoms with Gasteiger partial charge in [-0.05, 0) is 12.5 Å². The van der Waals surface area contributed by atoms with E-state index < -0.39 is 7.60 Å². The first kappa shape index (κ1) is 16.0. The second kappa shape index (κ2) is 6.05. The van der Waals surface area contributed by atoms with Gasteiger partial charge < -0.3 is 9.05 Å². The first-order valence-electron chi connectivity index (χ1n) is 4.96. The highest BCUT2D eigenvalue weighted by Crippen LogP contribution is 2.60. The largest absolute Gasteiger partial charge is 0.364 e. The zero-order chi connectivity index (χ0) is 13.0. The van der Waals surface area contributed by atoms with Crippen molar-refractivity contribution in [3.63, 3.8) is 0 Å². The fourth-order valence-electron chi connectivity index (χ4n) is 1.16. The number of rotatable bonds is 4. The Kier molecular flexibility index (Phi) is 6.03. The van der Waals surface area contributed by atoms with Gasteiger partial charge in [0.1, 0.15) is 0 Å². The van der Waals surface area contributed by atoms with Crippen LogP contribution in [0.1, 0.15) is 27.7 Å². The van der Waals surface area contributed by atoms with Gasteiger partial charge in [-0.3, -0.25) is 4.57 Å². The Hall–Kier alpha value is -0.0400. The Balaban J connectivity index is 5.83. The Morgan fingerprint density at radius 3 is 2.00 bits per heavy atom. The van der Waals surface area contributed by atoms with Gasteiger partial charge in [0.25, 0.3) is 0 Å². The average Bonchev–Trinajstić information content (AvgIpc) is 2.22. The molecule has 0 fully saturated rings. The molecule has 0 aliphatic carbocycles. The van der Waals surface area contributed by atoms with E-state index in [0.717, 1.165) is 5.57 Å². The van der Waals surface area contributed by atoms with E-state index in [2.05, 4.69) is 5.73 Å². The fraction of sp³-hybridized carbons (Fsp3) is 0.727. The van der Waals surface area contributed by atoms with Gasteiger partial charge in [0.15, 0.2) is 0 Å². The lowest BCUT2D eigenvalue weighted by atomic mass is 9.96. The Morgan fingerprint density at radius 2 is 1.75 bits per heavy atom. The molecule has 0 bridgehead atoms.